The zero-order valence-corrected chi connectivity index (χ0v) is 18.3. The number of halogens is 1. The molecule has 148 valence electrons. The highest BCUT2D eigenvalue weighted by Crippen LogP contribution is 2.43. The summed E-state index contributed by atoms with van der Waals surface area (Å²) in [4.78, 5) is 13.6. The van der Waals surface area contributed by atoms with Gasteiger partial charge in [-0.1, -0.05) is 32.4 Å². The number of carbonyl (C=O) groups excluding carboxylic acids is 1. The molecule has 0 saturated carbocycles. The van der Waals surface area contributed by atoms with Crippen molar-refractivity contribution in [1.82, 2.24) is 0 Å². The van der Waals surface area contributed by atoms with Gasteiger partial charge in [0.2, 0.25) is 0 Å². The van der Waals surface area contributed by atoms with Crippen LogP contribution in [0.25, 0.3) is 0 Å². The van der Waals surface area contributed by atoms with Gasteiger partial charge in [0.25, 0.3) is 5.91 Å². The Bertz CT molecular complexity index is 937. The molecule has 1 aliphatic carbocycles. The van der Waals surface area contributed by atoms with Crippen molar-refractivity contribution in [1.29, 1.82) is 5.26 Å². The van der Waals surface area contributed by atoms with Crippen molar-refractivity contribution in [2.45, 2.75) is 47.0 Å². The average Bonchev–Trinajstić information content (AvgIpc) is 2.98. The molecule has 4 nitrogen and oxygen atoms in total. The summed E-state index contributed by atoms with van der Waals surface area (Å²) in [6.07, 6.45) is 2.94. The summed E-state index contributed by atoms with van der Waals surface area (Å²) in [6.45, 7) is 8.56. The number of ether oxygens (including phenoxy) is 1. The number of nitrogens with one attached hydrogen (secondary N) is 1. The van der Waals surface area contributed by atoms with Gasteiger partial charge in [0.15, 0.2) is 6.61 Å². The molecule has 0 spiro atoms. The average molecular weight is 417 g/mol. The Balaban J connectivity index is 1.69. The quantitative estimate of drug-likeness (QED) is 0.690. The SMILES string of the molecule is Cc1cc(OCC(=O)Nc2sc3c(c2C#N)CC[C@H](C(C)(C)C)C3)ccc1Cl. The van der Waals surface area contributed by atoms with Crippen LogP contribution < -0.4 is 10.1 Å². The van der Waals surface area contributed by atoms with Gasteiger partial charge >= 0.3 is 0 Å². The highest BCUT2D eigenvalue weighted by Gasteiger charge is 2.32. The number of amides is 1. The van der Waals surface area contributed by atoms with Crippen LogP contribution >= 0.6 is 22.9 Å². The van der Waals surface area contributed by atoms with Gasteiger partial charge in [-0.15, -0.1) is 11.3 Å². The van der Waals surface area contributed by atoms with E-state index in [1.165, 1.54) is 16.2 Å². The van der Waals surface area contributed by atoms with Crippen LogP contribution in [0.1, 0.15) is 48.8 Å². The fraction of sp³-hybridized carbons (Fsp3) is 0.455. The molecule has 1 atom stereocenters. The monoisotopic (exact) mass is 416 g/mol. The van der Waals surface area contributed by atoms with Crippen molar-refractivity contribution < 1.29 is 9.53 Å². The highest BCUT2D eigenvalue weighted by molar-refractivity contribution is 7.16. The number of thiophene rings is 1. The number of rotatable bonds is 4. The van der Waals surface area contributed by atoms with Crippen LogP contribution in [0.4, 0.5) is 5.00 Å². The molecule has 6 heteroatoms. The molecule has 1 aromatic carbocycles. The van der Waals surface area contributed by atoms with Crippen molar-refractivity contribution in [3.05, 3.63) is 44.8 Å². The summed E-state index contributed by atoms with van der Waals surface area (Å²) >= 11 is 7.54. The molecule has 1 amide bonds. The van der Waals surface area contributed by atoms with Gasteiger partial charge in [-0.05, 0) is 66.8 Å². The number of anilines is 1. The number of nitriles is 1. The van der Waals surface area contributed by atoms with E-state index >= 15 is 0 Å². The lowest BCUT2D eigenvalue weighted by Crippen LogP contribution is -2.26. The van der Waals surface area contributed by atoms with Crippen LogP contribution in [0.15, 0.2) is 18.2 Å². The number of benzene rings is 1. The third kappa shape index (κ3) is 4.51. The van der Waals surface area contributed by atoms with Gasteiger partial charge in [0.1, 0.15) is 16.8 Å². The number of aryl methyl sites for hydroxylation is 1. The van der Waals surface area contributed by atoms with Crippen LogP contribution in [0.3, 0.4) is 0 Å². The van der Waals surface area contributed by atoms with E-state index in [4.69, 9.17) is 16.3 Å². The molecule has 2 aromatic rings. The van der Waals surface area contributed by atoms with Crippen molar-refractivity contribution in [2.75, 3.05) is 11.9 Å². The maximum atomic E-state index is 12.4. The molecule has 3 rings (SSSR count). The molecular formula is C22H25ClN2O2S. The van der Waals surface area contributed by atoms with E-state index in [0.29, 0.717) is 27.3 Å². The Labute approximate surface area is 175 Å². The predicted molar refractivity (Wildman–Crippen MR) is 114 cm³/mol. The Morgan fingerprint density at radius 1 is 1.43 bits per heavy atom. The Morgan fingerprint density at radius 3 is 2.82 bits per heavy atom. The lowest BCUT2D eigenvalue weighted by Gasteiger charge is -2.33. The van der Waals surface area contributed by atoms with E-state index in [-0.39, 0.29) is 17.9 Å². The second-order valence-corrected chi connectivity index (χ2v) is 9.89. The summed E-state index contributed by atoms with van der Waals surface area (Å²) in [6, 6.07) is 7.57. The first kappa shape index (κ1) is 20.7. The molecule has 0 unspecified atom stereocenters. The standard InChI is InChI=1S/C22H25ClN2O2S/c1-13-9-15(6-8-18(13)23)27-12-20(26)25-21-17(11-24)16-7-5-14(22(2,3)4)10-19(16)28-21/h6,8-9,14H,5,7,10,12H2,1-4H3,(H,25,26)/t14-/m0/s1. The Kier molecular flexibility index (Phi) is 6.02. The number of hydrogen-bond acceptors (Lipinski definition) is 4. The van der Waals surface area contributed by atoms with Crippen LogP contribution in [0.2, 0.25) is 5.02 Å². The van der Waals surface area contributed by atoms with Crippen molar-refractivity contribution in [2.24, 2.45) is 11.3 Å². The summed E-state index contributed by atoms with van der Waals surface area (Å²) in [7, 11) is 0. The minimum absolute atomic E-state index is 0.112. The van der Waals surface area contributed by atoms with E-state index in [0.717, 1.165) is 30.4 Å². The van der Waals surface area contributed by atoms with Crippen LogP contribution in [-0.4, -0.2) is 12.5 Å². The van der Waals surface area contributed by atoms with Crippen LogP contribution in [0.5, 0.6) is 5.75 Å². The molecule has 0 bridgehead atoms. The summed E-state index contributed by atoms with van der Waals surface area (Å²) in [5.74, 6) is 0.913. The largest absolute Gasteiger partial charge is 0.484 e. The lowest BCUT2D eigenvalue weighted by molar-refractivity contribution is -0.118. The van der Waals surface area contributed by atoms with Gasteiger partial charge < -0.3 is 10.1 Å². The number of carbonyl (C=O) groups is 1. The molecule has 0 fully saturated rings. The molecule has 0 radical (unpaired) electrons. The predicted octanol–water partition coefficient (Wildman–Crippen LogP) is 5.75. The Morgan fingerprint density at radius 2 is 2.18 bits per heavy atom. The summed E-state index contributed by atoms with van der Waals surface area (Å²) in [5.41, 5.74) is 2.86. The molecule has 0 aliphatic heterocycles. The van der Waals surface area contributed by atoms with Crippen molar-refractivity contribution in [3.63, 3.8) is 0 Å². The number of fused-ring (bicyclic) bond motifs is 1. The smallest absolute Gasteiger partial charge is 0.262 e. The van der Waals surface area contributed by atoms with Crippen LogP contribution in [-0.2, 0) is 17.6 Å². The molecule has 1 N–H and O–H groups in total. The van der Waals surface area contributed by atoms with E-state index in [9.17, 15) is 10.1 Å². The molecule has 0 saturated heterocycles. The second-order valence-electron chi connectivity index (χ2n) is 8.37. The second kappa shape index (κ2) is 8.14. The number of hydrogen-bond donors (Lipinski definition) is 1. The molecular weight excluding hydrogens is 392 g/mol. The number of nitrogens with zero attached hydrogens (tertiary/aromatic N) is 1. The third-order valence-corrected chi connectivity index (χ3v) is 6.95. The van der Waals surface area contributed by atoms with Gasteiger partial charge in [-0.25, -0.2) is 0 Å². The van der Waals surface area contributed by atoms with Gasteiger partial charge in [-0.3, -0.25) is 4.79 Å². The lowest BCUT2D eigenvalue weighted by atomic mass is 9.72. The molecule has 1 heterocycles. The Hall–Kier alpha value is -2.03. The fourth-order valence-electron chi connectivity index (χ4n) is 3.55. The van der Waals surface area contributed by atoms with E-state index in [1.807, 2.05) is 6.92 Å². The minimum atomic E-state index is -0.268. The summed E-state index contributed by atoms with van der Waals surface area (Å²) < 4.78 is 5.56. The van der Waals surface area contributed by atoms with E-state index in [1.54, 1.807) is 18.2 Å². The maximum absolute atomic E-state index is 12.4. The first-order chi connectivity index (χ1) is 13.2. The zero-order valence-electron chi connectivity index (χ0n) is 16.7. The molecule has 1 aromatic heterocycles. The minimum Gasteiger partial charge on any atom is -0.484 e. The summed E-state index contributed by atoms with van der Waals surface area (Å²) in [5, 5.41) is 13.8. The van der Waals surface area contributed by atoms with Crippen LogP contribution in [0, 0.1) is 29.6 Å². The van der Waals surface area contributed by atoms with Gasteiger partial charge in [0.05, 0.1) is 5.56 Å². The zero-order chi connectivity index (χ0) is 20.5. The molecule has 28 heavy (non-hydrogen) atoms. The fourth-order valence-corrected chi connectivity index (χ4v) is 4.96. The van der Waals surface area contributed by atoms with Crippen molar-refractivity contribution in [3.8, 4) is 11.8 Å². The third-order valence-electron chi connectivity index (χ3n) is 5.35. The van der Waals surface area contributed by atoms with Gasteiger partial charge in [-0.2, -0.15) is 5.26 Å². The van der Waals surface area contributed by atoms with Crippen molar-refractivity contribution >= 4 is 33.8 Å². The first-order valence-electron chi connectivity index (χ1n) is 9.42. The van der Waals surface area contributed by atoms with E-state index < -0.39 is 0 Å². The van der Waals surface area contributed by atoms with Gasteiger partial charge in [0, 0.05) is 9.90 Å². The first-order valence-corrected chi connectivity index (χ1v) is 10.6. The topological polar surface area (TPSA) is 62.1 Å². The normalized spacial score (nSPS) is 16.2. The highest BCUT2D eigenvalue weighted by atomic mass is 35.5. The maximum Gasteiger partial charge on any atom is 0.262 e. The van der Waals surface area contributed by atoms with E-state index in [2.05, 4.69) is 32.2 Å². The molecule has 1 aliphatic rings.